The Balaban J connectivity index is 2.04. The number of carbonyl (C=O) groups excluding carboxylic acids is 2. The van der Waals surface area contributed by atoms with Crippen LogP contribution < -0.4 is 9.62 Å². The predicted octanol–water partition coefficient (Wildman–Crippen LogP) is 5.94. The topological polar surface area (TPSA) is 86.8 Å². The van der Waals surface area contributed by atoms with E-state index < -0.39 is 34.1 Å². The van der Waals surface area contributed by atoms with Crippen molar-refractivity contribution in [3.63, 3.8) is 0 Å². The molecule has 0 fully saturated rings. The fraction of sp³-hybridized carbons (Fsp3) is 0.310. The summed E-state index contributed by atoms with van der Waals surface area (Å²) < 4.78 is 29.5. The smallest absolute Gasteiger partial charge is 0.264 e. The summed E-state index contributed by atoms with van der Waals surface area (Å²) >= 11 is 9.65. The molecule has 3 aromatic rings. The number of rotatable bonds is 9. The van der Waals surface area contributed by atoms with Gasteiger partial charge in [0.15, 0.2) is 0 Å². The van der Waals surface area contributed by atoms with Crippen LogP contribution in [0.2, 0.25) is 5.02 Å². The van der Waals surface area contributed by atoms with Crippen LogP contribution in [-0.4, -0.2) is 43.3 Å². The van der Waals surface area contributed by atoms with Gasteiger partial charge in [0.1, 0.15) is 12.6 Å². The fourth-order valence-electron chi connectivity index (χ4n) is 3.89. The number of amides is 2. The van der Waals surface area contributed by atoms with Gasteiger partial charge in [-0.25, -0.2) is 8.42 Å². The van der Waals surface area contributed by atoms with Crippen LogP contribution in [0, 0.1) is 6.92 Å². The van der Waals surface area contributed by atoms with Crippen LogP contribution in [0.1, 0.15) is 38.8 Å². The summed E-state index contributed by atoms with van der Waals surface area (Å²) in [6.07, 6.45) is 0. The Morgan fingerprint density at radius 3 is 2.23 bits per heavy atom. The van der Waals surface area contributed by atoms with Crippen molar-refractivity contribution < 1.29 is 18.0 Å². The highest BCUT2D eigenvalue weighted by molar-refractivity contribution is 9.10. The van der Waals surface area contributed by atoms with E-state index in [4.69, 9.17) is 11.6 Å². The van der Waals surface area contributed by atoms with Crippen molar-refractivity contribution >= 4 is 55.1 Å². The lowest BCUT2D eigenvalue weighted by molar-refractivity contribution is -0.140. The molecule has 1 N–H and O–H groups in total. The molecule has 0 heterocycles. The molecular formula is C29H33BrClN3O4S. The van der Waals surface area contributed by atoms with E-state index in [1.165, 1.54) is 23.1 Å². The Morgan fingerprint density at radius 1 is 1.00 bits per heavy atom. The monoisotopic (exact) mass is 633 g/mol. The van der Waals surface area contributed by atoms with Crippen molar-refractivity contribution in [1.29, 1.82) is 0 Å². The molecule has 3 aromatic carbocycles. The van der Waals surface area contributed by atoms with Gasteiger partial charge >= 0.3 is 0 Å². The zero-order valence-corrected chi connectivity index (χ0v) is 25.8. The Hall–Kier alpha value is -2.88. The number of halogens is 2. The maximum absolute atomic E-state index is 13.9. The average Bonchev–Trinajstić information content (AvgIpc) is 2.84. The average molecular weight is 635 g/mol. The molecule has 0 aromatic heterocycles. The third-order valence-electron chi connectivity index (χ3n) is 5.89. The number of hydrogen-bond acceptors (Lipinski definition) is 4. The van der Waals surface area contributed by atoms with E-state index in [0.717, 1.165) is 19.9 Å². The minimum absolute atomic E-state index is 0.0398. The van der Waals surface area contributed by atoms with E-state index in [1.54, 1.807) is 37.3 Å². The summed E-state index contributed by atoms with van der Waals surface area (Å²) in [6, 6.07) is 19.3. The highest BCUT2D eigenvalue weighted by atomic mass is 79.9. The van der Waals surface area contributed by atoms with Gasteiger partial charge in [0.05, 0.1) is 10.6 Å². The summed E-state index contributed by atoms with van der Waals surface area (Å²) in [7, 11) is -4.15. The normalized spacial score (nSPS) is 12.5. The Morgan fingerprint density at radius 2 is 1.64 bits per heavy atom. The van der Waals surface area contributed by atoms with E-state index in [-0.39, 0.29) is 23.0 Å². The molecule has 0 bridgehead atoms. The number of hydrogen-bond donors (Lipinski definition) is 1. The first-order valence-electron chi connectivity index (χ1n) is 12.4. The van der Waals surface area contributed by atoms with Crippen LogP contribution >= 0.6 is 27.5 Å². The first kappa shape index (κ1) is 30.7. The molecule has 39 heavy (non-hydrogen) atoms. The van der Waals surface area contributed by atoms with Gasteiger partial charge in [0.25, 0.3) is 10.0 Å². The SMILES string of the molecule is Cc1ccc(S(=O)(=O)N(CC(=O)N(Cc2cccc(Br)c2)[C@@H](C)C(=O)NC(C)(C)C)c2cccc(Cl)c2)cc1. The minimum atomic E-state index is -4.15. The lowest BCUT2D eigenvalue weighted by Crippen LogP contribution is -2.54. The second-order valence-corrected chi connectivity index (χ2v) is 13.6. The third-order valence-corrected chi connectivity index (χ3v) is 8.41. The van der Waals surface area contributed by atoms with Gasteiger partial charge in [0.2, 0.25) is 11.8 Å². The summed E-state index contributed by atoms with van der Waals surface area (Å²) in [5, 5.41) is 3.24. The van der Waals surface area contributed by atoms with Gasteiger partial charge in [-0.2, -0.15) is 0 Å². The lowest BCUT2D eigenvalue weighted by atomic mass is 10.1. The quantitative estimate of drug-likeness (QED) is 0.316. The third kappa shape index (κ3) is 8.30. The molecule has 1 atom stereocenters. The van der Waals surface area contributed by atoms with Crippen LogP contribution in [0.4, 0.5) is 5.69 Å². The van der Waals surface area contributed by atoms with Crippen LogP contribution in [0.25, 0.3) is 0 Å². The molecule has 2 amide bonds. The highest BCUT2D eigenvalue weighted by Crippen LogP contribution is 2.27. The number of nitrogens with one attached hydrogen (secondary N) is 1. The van der Waals surface area contributed by atoms with E-state index in [2.05, 4.69) is 21.2 Å². The molecule has 7 nitrogen and oxygen atoms in total. The molecule has 0 aliphatic rings. The lowest BCUT2D eigenvalue weighted by Gasteiger charge is -2.33. The van der Waals surface area contributed by atoms with Gasteiger partial charge in [-0.3, -0.25) is 13.9 Å². The largest absolute Gasteiger partial charge is 0.350 e. The molecular weight excluding hydrogens is 602 g/mol. The van der Waals surface area contributed by atoms with Crippen LogP contribution in [0.15, 0.2) is 82.2 Å². The van der Waals surface area contributed by atoms with Crippen molar-refractivity contribution in [2.45, 2.75) is 57.6 Å². The van der Waals surface area contributed by atoms with Crippen molar-refractivity contribution in [1.82, 2.24) is 10.2 Å². The van der Waals surface area contributed by atoms with Crippen molar-refractivity contribution in [3.8, 4) is 0 Å². The molecule has 0 aliphatic carbocycles. The van der Waals surface area contributed by atoms with Gasteiger partial charge in [-0.15, -0.1) is 0 Å². The zero-order valence-electron chi connectivity index (χ0n) is 22.6. The Kier molecular flexibility index (Phi) is 9.85. The maximum atomic E-state index is 13.9. The van der Waals surface area contributed by atoms with Crippen molar-refractivity contribution in [3.05, 3.63) is 93.4 Å². The molecule has 0 spiro atoms. The van der Waals surface area contributed by atoms with Crippen molar-refractivity contribution in [2.75, 3.05) is 10.8 Å². The van der Waals surface area contributed by atoms with E-state index in [1.807, 2.05) is 52.0 Å². The number of benzene rings is 3. The van der Waals surface area contributed by atoms with Crippen molar-refractivity contribution in [2.24, 2.45) is 0 Å². The van der Waals surface area contributed by atoms with E-state index in [0.29, 0.717) is 5.02 Å². The van der Waals surface area contributed by atoms with Crippen LogP contribution in [0.3, 0.4) is 0 Å². The first-order valence-corrected chi connectivity index (χ1v) is 15.0. The fourth-order valence-corrected chi connectivity index (χ4v) is 5.92. The van der Waals surface area contributed by atoms with Crippen LogP contribution in [0.5, 0.6) is 0 Å². The van der Waals surface area contributed by atoms with Gasteiger partial charge in [-0.1, -0.05) is 63.4 Å². The molecule has 10 heteroatoms. The summed E-state index contributed by atoms with van der Waals surface area (Å²) in [5.41, 5.74) is 1.41. The first-order chi connectivity index (χ1) is 18.2. The second-order valence-electron chi connectivity index (χ2n) is 10.4. The minimum Gasteiger partial charge on any atom is -0.350 e. The summed E-state index contributed by atoms with van der Waals surface area (Å²) in [5.74, 6) is -0.885. The molecule has 208 valence electrons. The number of sulfonamides is 1. The number of carbonyl (C=O) groups is 2. The predicted molar refractivity (Wildman–Crippen MR) is 159 cm³/mol. The summed E-state index contributed by atoms with van der Waals surface area (Å²) in [6.45, 7) is 8.63. The Labute approximate surface area is 244 Å². The molecule has 0 radical (unpaired) electrons. The number of nitrogens with zero attached hydrogens (tertiary/aromatic N) is 2. The standard InChI is InChI=1S/C29H33BrClN3O4S/c1-20-12-14-26(15-13-20)39(37,38)34(25-11-7-10-24(31)17-25)19-27(35)33(18-22-8-6-9-23(30)16-22)21(2)28(36)32-29(3,4)5/h6-17,21H,18-19H2,1-5H3,(H,32,36)/t21-/m0/s1. The molecule has 0 unspecified atom stereocenters. The Bertz CT molecular complexity index is 1440. The van der Waals surface area contributed by atoms with Gasteiger partial charge in [0, 0.05) is 21.6 Å². The van der Waals surface area contributed by atoms with Crippen LogP contribution in [-0.2, 0) is 26.2 Å². The van der Waals surface area contributed by atoms with Gasteiger partial charge in [-0.05, 0) is 82.6 Å². The number of aryl methyl sites for hydroxylation is 1. The maximum Gasteiger partial charge on any atom is 0.264 e. The molecule has 0 saturated carbocycles. The second kappa shape index (κ2) is 12.5. The molecule has 0 aliphatic heterocycles. The molecule has 0 saturated heterocycles. The number of anilines is 1. The van der Waals surface area contributed by atoms with E-state index in [9.17, 15) is 18.0 Å². The van der Waals surface area contributed by atoms with E-state index >= 15 is 0 Å². The molecule has 3 rings (SSSR count). The van der Waals surface area contributed by atoms with Gasteiger partial charge < -0.3 is 10.2 Å². The summed E-state index contributed by atoms with van der Waals surface area (Å²) in [4.78, 5) is 28.5. The zero-order chi connectivity index (χ0) is 29.0. The highest BCUT2D eigenvalue weighted by Gasteiger charge is 2.33.